The molecule has 1 amide bonds. The van der Waals surface area contributed by atoms with Crippen LogP contribution in [0.2, 0.25) is 0 Å². The lowest BCUT2D eigenvalue weighted by Crippen LogP contribution is -2.27. The van der Waals surface area contributed by atoms with E-state index in [1.165, 1.54) is 11.0 Å². The van der Waals surface area contributed by atoms with Crippen LogP contribution in [0.1, 0.15) is 24.0 Å². The van der Waals surface area contributed by atoms with Crippen molar-refractivity contribution in [1.29, 1.82) is 0 Å². The van der Waals surface area contributed by atoms with Gasteiger partial charge < -0.3 is 9.64 Å². The van der Waals surface area contributed by atoms with E-state index in [1.54, 1.807) is 31.5 Å². The van der Waals surface area contributed by atoms with Crippen molar-refractivity contribution in [3.63, 3.8) is 0 Å². The zero-order valence-corrected chi connectivity index (χ0v) is 14.7. The summed E-state index contributed by atoms with van der Waals surface area (Å²) in [5.41, 5.74) is 2.08. The van der Waals surface area contributed by atoms with Crippen LogP contribution in [0, 0.1) is 18.7 Å². The van der Waals surface area contributed by atoms with E-state index >= 15 is 0 Å². The molecule has 0 spiro atoms. The number of ether oxygens (including phenoxy) is 1. The molecule has 1 aromatic heterocycles. The minimum atomic E-state index is -0.554. The molecule has 2 aromatic rings. The average molecular weight is 356 g/mol. The van der Waals surface area contributed by atoms with Crippen molar-refractivity contribution < 1.29 is 18.7 Å². The number of anilines is 1. The van der Waals surface area contributed by atoms with E-state index in [-0.39, 0.29) is 31.2 Å². The van der Waals surface area contributed by atoms with Gasteiger partial charge in [0.05, 0.1) is 18.2 Å². The summed E-state index contributed by atoms with van der Waals surface area (Å²) in [6.07, 6.45) is 5.00. The first-order valence-electron chi connectivity index (χ1n) is 8.66. The van der Waals surface area contributed by atoms with Crippen LogP contribution >= 0.6 is 0 Å². The molecule has 1 saturated heterocycles. The Kier molecular flexibility index (Phi) is 5.61. The van der Waals surface area contributed by atoms with Gasteiger partial charge in [-0.15, -0.1) is 0 Å². The molecule has 1 aliphatic heterocycles. The molecule has 2 heterocycles. The van der Waals surface area contributed by atoms with Gasteiger partial charge in [0.2, 0.25) is 5.91 Å². The minimum absolute atomic E-state index is 0.0504. The number of hydrogen-bond acceptors (Lipinski definition) is 4. The fourth-order valence-electron chi connectivity index (χ4n) is 3.04. The zero-order chi connectivity index (χ0) is 18.5. The van der Waals surface area contributed by atoms with Crippen molar-refractivity contribution in [2.75, 3.05) is 18.1 Å². The second kappa shape index (κ2) is 8.08. The number of carbonyl (C=O) groups is 2. The van der Waals surface area contributed by atoms with Crippen molar-refractivity contribution in [2.24, 2.45) is 5.92 Å². The average Bonchev–Trinajstić information content (AvgIpc) is 3.01. The maximum Gasteiger partial charge on any atom is 0.311 e. The first kappa shape index (κ1) is 18.0. The zero-order valence-electron chi connectivity index (χ0n) is 14.7. The number of esters is 1. The van der Waals surface area contributed by atoms with E-state index in [2.05, 4.69) is 4.98 Å². The summed E-state index contributed by atoms with van der Waals surface area (Å²) in [5, 5.41) is 0. The smallest absolute Gasteiger partial charge is 0.311 e. The van der Waals surface area contributed by atoms with Crippen LogP contribution < -0.4 is 4.90 Å². The van der Waals surface area contributed by atoms with Gasteiger partial charge in [-0.1, -0.05) is 12.1 Å². The van der Waals surface area contributed by atoms with Crippen LogP contribution in [0.15, 0.2) is 42.7 Å². The van der Waals surface area contributed by atoms with E-state index in [0.717, 1.165) is 17.5 Å². The molecule has 0 aliphatic carbocycles. The quantitative estimate of drug-likeness (QED) is 0.590. The van der Waals surface area contributed by atoms with Gasteiger partial charge >= 0.3 is 5.97 Å². The fraction of sp³-hybridized carbons (Fsp3) is 0.350. The molecular formula is C20H21FN2O3. The summed E-state index contributed by atoms with van der Waals surface area (Å²) in [7, 11) is 0. The molecule has 1 aliphatic rings. The summed E-state index contributed by atoms with van der Waals surface area (Å²) >= 11 is 0. The predicted octanol–water partition coefficient (Wildman–Crippen LogP) is 3.06. The first-order chi connectivity index (χ1) is 12.5. The monoisotopic (exact) mass is 356 g/mol. The van der Waals surface area contributed by atoms with Crippen molar-refractivity contribution in [2.45, 2.75) is 26.2 Å². The molecule has 0 N–H and O–H groups in total. The molecule has 1 aromatic carbocycles. The van der Waals surface area contributed by atoms with Gasteiger partial charge in [0.15, 0.2) is 0 Å². The van der Waals surface area contributed by atoms with E-state index in [9.17, 15) is 14.0 Å². The number of rotatable bonds is 6. The van der Waals surface area contributed by atoms with Gasteiger partial charge in [-0.3, -0.25) is 14.6 Å². The number of carbonyl (C=O) groups excluding carboxylic acids is 2. The second-order valence-corrected chi connectivity index (χ2v) is 6.49. The molecule has 6 heteroatoms. The third-order valence-electron chi connectivity index (χ3n) is 4.43. The van der Waals surface area contributed by atoms with Crippen LogP contribution in [-0.2, 0) is 20.7 Å². The topological polar surface area (TPSA) is 59.5 Å². The van der Waals surface area contributed by atoms with Crippen LogP contribution in [0.5, 0.6) is 0 Å². The molecule has 3 rings (SSSR count). The minimum Gasteiger partial charge on any atom is -0.465 e. The molecule has 1 atom stereocenters. The number of amides is 1. The summed E-state index contributed by atoms with van der Waals surface area (Å²) in [5.74, 6) is -1.67. The summed E-state index contributed by atoms with van der Waals surface area (Å²) < 4.78 is 19.4. The van der Waals surface area contributed by atoms with Crippen LogP contribution in [0.25, 0.3) is 0 Å². The Hall–Kier alpha value is -2.76. The molecule has 5 nitrogen and oxygen atoms in total. The maximum absolute atomic E-state index is 14.1. The largest absolute Gasteiger partial charge is 0.465 e. The van der Waals surface area contributed by atoms with Crippen LogP contribution in [-0.4, -0.2) is 30.0 Å². The lowest BCUT2D eigenvalue weighted by atomic mass is 10.1. The third kappa shape index (κ3) is 4.25. The van der Waals surface area contributed by atoms with Gasteiger partial charge in [0, 0.05) is 25.4 Å². The van der Waals surface area contributed by atoms with Crippen molar-refractivity contribution >= 4 is 17.6 Å². The Bertz CT molecular complexity index is 795. The molecule has 136 valence electrons. The van der Waals surface area contributed by atoms with Crippen molar-refractivity contribution in [3.05, 3.63) is 59.7 Å². The lowest BCUT2D eigenvalue weighted by Gasteiger charge is -2.17. The van der Waals surface area contributed by atoms with Crippen molar-refractivity contribution in [3.8, 4) is 0 Å². The molecule has 0 saturated carbocycles. The maximum atomic E-state index is 14.1. The standard InChI is InChI=1S/C20H21FN2O3/c1-14-6-7-18(17(21)10-14)23-13-16(11-19(23)24)20(25)26-9-3-5-15-4-2-8-22-12-15/h2,4,6-8,10,12,16H,3,5,9,11,13H2,1H3. The number of pyridine rings is 1. The lowest BCUT2D eigenvalue weighted by molar-refractivity contribution is -0.148. The summed E-state index contributed by atoms with van der Waals surface area (Å²) in [4.78, 5) is 29.8. The highest BCUT2D eigenvalue weighted by atomic mass is 19.1. The SMILES string of the molecule is Cc1ccc(N2CC(C(=O)OCCCc3cccnc3)CC2=O)c(F)c1. The van der Waals surface area contributed by atoms with Gasteiger partial charge in [0.1, 0.15) is 5.82 Å². The van der Waals surface area contributed by atoms with E-state index in [4.69, 9.17) is 4.74 Å². The van der Waals surface area contributed by atoms with E-state index < -0.39 is 17.7 Å². The number of aryl methyl sites for hydroxylation is 2. The predicted molar refractivity (Wildman–Crippen MR) is 95.1 cm³/mol. The Labute approximate surface area is 151 Å². The number of halogens is 1. The Morgan fingerprint density at radius 1 is 1.38 bits per heavy atom. The number of hydrogen-bond donors (Lipinski definition) is 0. The Balaban J connectivity index is 1.50. The molecular weight excluding hydrogens is 335 g/mol. The van der Waals surface area contributed by atoms with E-state index in [0.29, 0.717) is 6.42 Å². The molecule has 1 unspecified atom stereocenters. The van der Waals surface area contributed by atoms with Crippen LogP contribution in [0.3, 0.4) is 0 Å². The second-order valence-electron chi connectivity index (χ2n) is 6.49. The molecule has 0 radical (unpaired) electrons. The summed E-state index contributed by atoms with van der Waals surface area (Å²) in [6.45, 7) is 2.22. The van der Waals surface area contributed by atoms with Crippen LogP contribution in [0.4, 0.5) is 10.1 Å². The summed E-state index contributed by atoms with van der Waals surface area (Å²) in [6, 6.07) is 8.54. The van der Waals surface area contributed by atoms with Gasteiger partial charge in [-0.05, 0) is 49.1 Å². The molecule has 0 bridgehead atoms. The highest BCUT2D eigenvalue weighted by Gasteiger charge is 2.37. The van der Waals surface area contributed by atoms with E-state index in [1.807, 2.05) is 12.1 Å². The molecule has 1 fully saturated rings. The fourth-order valence-corrected chi connectivity index (χ4v) is 3.04. The number of nitrogens with zero attached hydrogens (tertiary/aromatic N) is 2. The Morgan fingerprint density at radius 3 is 2.96 bits per heavy atom. The molecule has 26 heavy (non-hydrogen) atoms. The number of benzene rings is 1. The third-order valence-corrected chi connectivity index (χ3v) is 4.43. The normalized spacial score (nSPS) is 16.8. The number of aromatic nitrogens is 1. The van der Waals surface area contributed by atoms with Crippen molar-refractivity contribution in [1.82, 2.24) is 4.98 Å². The van der Waals surface area contributed by atoms with Gasteiger partial charge in [-0.2, -0.15) is 0 Å². The highest BCUT2D eigenvalue weighted by molar-refractivity contribution is 5.99. The first-order valence-corrected chi connectivity index (χ1v) is 8.66. The highest BCUT2D eigenvalue weighted by Crippen LogP contribution is 2.28. The Morgan fingerprint density at radius 2 is 2.23 bits per heavy atom. The van der Waals surface area contributed by atoms with Gasteiger partial charge in [-0.25, -0.2) is 4.39 Å². The van der Waals surface area contributed by atoms with Gasteiger partial charge in [0.25, 0.3) is 0 Å².